The van der Waals surface area contributed by atoms with Gasteiger partial charge in [0, 0.05) is 31.6 Å². The van der Waals surface area contributed by atoms with Crippen LogP contribution in [0.15, 0.2) is 24.3 Å². The second kappa shape index (κ2) is 8.36. The minimum Gasteiger partial charge on any atom is -0.356 e. The number of aryl methyl sites for hydroxylation is 1. The van der Waals surface area contributed by atoms with Crippen LogP contribution in [0.5, 0.6) is 0 Å². The lowest BCUT2D eigenvalue weighted by molar-refractivity contribution is -0.136. The quantitative estimate of drug-likeness (QED) is 0.750. The maximum atomic E-state index is 13.3. The number of halogens is 3. The van der Waals surface area contributed by atoms with Gasteiger partial charge in [0.1, 0.15) is 11.6 Å². The van der Waals surface area contributed by atoms with Crippen LogP contribution in [-0.2, 0) is 19.1 Å². The molecule has 6 nitrogen and oxygen atoms in total. The Morgan fingerprint density at radius 1 is 1.13 bits per heavy atom. The molecule has 1 N–H and O–H groups in total. The lowest BCUT2D eigenvalue weighted by Crippen LogP contribution is -2.41. The normalized spacial score (nSPS) is 17.5. The van der Waals surface area contributed by atoms with Crippen LogP contribution in [0, 0.1) is 12.8 Å². The van der Waals surface area contributed by atoms with Crippen molar-refractivity contribution < 1.29 is 18.0 Å². The number of carbonyl (C=O) groups is 1. The molecule has 0 aliphatic carbocycles. The van der Waals surface area contributed by atoms with Gasteiger partial charge in [-0.1, -0.05) is 19.1 Å². The fourth-order valence-electron chi connectivity index (χ4n) is 4.21. The molecule has 0 saturated carbocycles. The van der Waals surface area contributed by atoms with Crippen molar-refractivity contribution in [3.05, 3.63) is 46.9 Å². The first-order valence-corrected chi connectivity index (χ1v) is 10.6. The number of hydrogen-bond donors (Lipinski definition) is 1. The Kier molecular flexibility index (Phi) is 5.77. The van der Waals surface area contributed by atoms with Gasteiger partial charge in [-0.25, -0.2) is 14.8 Å². The molecule has 4 rings (SSSR count). The number of hydrogen-bond acceptors (Lipinski definition) is 4. The Bertz CT molecular complexity index is 970. The zero-order chi connectivity index (χ0) is 22.2. The summed E-state index contributed by atoms with van der Waals surface area (Å²) >= 11 is 0. The van der Waals surface area contributed by atoms with Crippen molar-refractivity contribution in [3.8, 4) is 0 Å². The number of piperidine rings is 1. The largest absolute Gasteiger partial charge is 0.418 e. The molecule has 31 heavy (non-hydrogen) atoms. The van der Waals surface area contributed by atoms with Gasteiger partial charge in [-0.2, -0.15) is 13.2 Å². The Hall–Kier alpha value is -2.84. The summed E-state index contributed by atoms with van der Waals surface area (Å²) in [5, 5.41) is 2.45. The molecule has 166 valence electrons. The van der Waals surface area contributed by atoms with Crippen molar-refractivity contribution >= 4 is 17.5 Å². The monoisotopic (exact) mass is 433 g/mol. The van der Waals surface area contributed by atoms with Crippen LogP contribution in [0.25, 0.3) is 0 Å². The average Bonchev–Trinajstić information content (AvgIpc) is 2.73. The van der Waals surface area contributed by atoms with Gasteiger partial charge in [0.25, 0.3) is 0 Å². The van der Waals surface area contributed by atoms with E-state index in [1.165, 1.54) is 23.1 Å². The summed E-state index contributed by atoms with van der Waals surface area (Å²) in [5.41, 5.74) is 0.713. The third kappa shape index (κ3) is 4.60. The van der Waals surface area contributed by atoms with Crippen molar-refractivity contribution in [1.29, 1.82) is 0 Å². The number of nitrogens with one attached hydrogen (secondary N) is 1. The van der Waals surface area contributed by atoms with E-state index in [9.17, 15) is 18.0 Å². The number of rotatable bonds is 2. The number of benzene rings is 1. The van der Waals surface area contributed by atoms with E-state index in [2.05, 4.69) is 27.1 Å². The van der Waals surface area contributed by atoms with Gasteiger partial charge >= 0.3 is 12.2 Å². The summed E-state index contributed by atoms with van der Waals surface area (Å²) in [6, 6.07) is 4.46. The van der Waals surface area contributed by atoms with E-state index in [0.717, 1.165) is 49.1 Å². The third-order valence-corrected chi connectivity index (χ3v) is 5.99. The van der Waals surface area contributed by atoms with Crippen molar-refractivity contribution in [3.63, 3.8) is 0 Å². The molecule has 0 atom stereocenters. The van der Waals surface area contributed by atoms with E-state index < -0.39 is 17.8 Å². The summed E-state index contributed by atoms with van der Waals surface area (Å²) in [6.45, 7) is 6.56. The molecule has 0 spiro atoms. The molecule has 0 bridgehead atoms. The van der Waals surface area contributed by atoms with Crippen LogP contribution in [0.4, 0.5) is 29.5 Å². The van der Waals surface area contributed by atoms with Gasteiger partial charge in [0.2, 0.25) is 0 Å². The molecule has 3 heterocycles. The van der Waals surface area contributed by atoms with E-state index >= 15 is 0 Å². The number of aromatic nitrogens is 2. The fourth-order valence-corrected chi connectivity index (χ4v) is 4.21. The highest BCUT2D eigenvalue weighted by Crippen LogP contribution is 2.35. The maximum Gasteiger partial charge on any atom is 0.418 e. The van der Waals surface area contributed by atoms with Gasteiger partial charge in [-0.3, -0.25) is 0 Å². The smallest absolute Gasteiger partial charge is 0.356 e. The Morgan fingerprint density at radius 2 is 1.84 bits per heavy atom. The van der Waals surface area contributed by atoms with Crippen molar-refractivity contribution in [2.24, 2.45) is 5.92 Å². The van der Waals surface area contributed by atoms with Gasteiger partial charge in [0.05, 0.1) is 23.5 Å². The molecule has 0 unspecified atom stereocenters. The number of amides is 2. The van der Waals surface area contributed by atoms with Crippen LogP contribution < -0.4 is 10.2 Å². The SMILES string of the molecule is Cc1nc2c(c(N3CCC(C)CC3)n1)CN(C(=O)Nc1ccccc1C(F)(F)F)CC2. The molecule has 2 aliphatic rings. The van der Waals surface area contributed by atoms with Gasteiger partial charge in [-0.05, 0) is 37.8 Å². The van der Waals surface area contributed by atoms with Crippen molar-refractivity contribution in [1.82, 2.24) is 14.9 Å². The van der Waals surface area contributed by atoms with Crippen LogP contribution in [0.2, 0.25) is 0 Å². The van der Waals surface area contributed by atoms with E-state index in [-0.39, 0.29) is 12.2 Å². The van der Waals surface area contributed by atoms with Crippen molar-refractivity contribution in [2.75, 3.05) is 29.9 Å². The molecule has 2 aromatic rings. The first kappa shape index (κ1) is 21.4. The van der Waals surface area contributed by atoms with Gasteiger partial charge in [0.15, 0.2) is 0 Å². The lowest BCUT2D eigenvalue weighted by Gasteiger charge is -2.36. The summed E-state index contributed by atoms with van der Waals surface area (Å²) in [7, 11) is 0. The summed E-state index contributed by atoms with van der Waals surface area (Å²) in [5.74, 6) is 2.22. The molecular formula is C22H26F3N5O. The van der Waals surface area contributed by atoms with Gasteiger partial charge in [-0.15, -0.1) is 0 Å². The zero-order valence-electron chi connectivity index (χ0n) is 17.7. The topological polar surface area (TPSA) is 61.4 Å². The number of nitrogens with zero attached hydrogens (tertiary/aromatic N) is 4. The Labute approximate surface area is 179 Å². The zero-order valence-corrected chi connectivity index (χ0v) is 17.7. The number of alkyl halides is 3. The molecule has 1 aromatic carbocycles. The highest BCUT2D eigenvalue weighted by Gasteiger charge is 2.34. The Balaban J connectivity index is 1.56. The first-order valence-electron chi connectivity index (χ1n) is 10.6. The molecule has 2 aliphatic heterocycles. The maximum absolute atomic E-state index is 13.3. The number of anilines is 2. The molecule has 0 radical (unpaired) electrons. The number of para-hydroxylation sites is 1. The molecule has 2 amide bonds. The molecule has 1 aromatic heterocycles. The molecule has 1 fully saturated rings. The number of fused-ring (bicyclic) bond motifs is 1. The van der Waals surface area contributed by atoms with E-state index in [1.807, 2.05) is 6.92 Å². The van der Waals surface area contributed by atoms with E-state index in [4.69, 9.17) is 0 Å². The standard InChI is InChI=1S/C22H26F3N5O/c1-14-7-10-29(11-8-14)20-16-13-30(12-9-18(16)26-15(2)27-20)21(31)28-19-6-4-3-5-17(19)22(23,24)25/h3-6,14H,7-13H2,1-2H3,(H,28,31). The fraction of sp³-hybridized carbons (Fsp3) is 0.500. The third-order valence-electron chi connectivity index (χ3n) is 5.99. The molecule has 1 saturated heterocycles. The average molecular weight is 433 g/mol. The predicted molar refractivity (Wildman–Crippen MR) is 112 cm³/mol. The highest BCUT2D eigenvalue weighted by atomic mass is 19.4. The van der Waals surface area contributed by atoms with Crippen molar-refractivity contribution in [2.45, 2.75) is 45.8 Å². The Morgan fingerprint density at radius 3 is 2.55 bits per heavy atom. The predicted octanol–water partition coefficient (Wildman–Crippen LogP) is 4.63. The summed E-state index contributed by atoms with van der Waals surface area (Å²) in [4.78, 5) is 25.9. The second-order valence-corrected chi connectivity index (χ2v) is 8.33. The highest BCUT2D eigenvalue weighted by molar-refractivity contribution is 5.90. The molecule has 9 heteroatoms. The number of urea groups is 1. The second-order valence-electron chi connectivity index (χ2n) is 8.33. The van der Waals surface area contributed by atoms with E-state index in [0.29, 0.717) is 24.7 Å². The minimum absolute atomic E-state index is 0.240. The lowest BCUT2D eigenvalue weighted by atomic mass is 9.98. The van der Waals surface area contributed by atoms with Crippen LogP contribution in [0.1, 0.15) is 42.4 Å². The summed E-state index contributed by atoms with van der Waals surface area (Å²) in [6.07, 6.45) is -1.83. The molecular weight excluding hydrogens is 407 g/mol. The van der Waals surface area contributed by atoms with Gasteiger partial charge < -0.3 is 15.1 Å². The number of carbonyl (C=O) groups excluding carboxylic acids is 1. The van der Waals surface area contributed by atoms with Crippen LogP contribution >= 0.6 is 0 Å². The first-order chi connectivity index (χ1) is 14.7. The van der Waals surface area contributed by atoms with Crippen LogP contribution in [0.3, 0.4) is 0 Å². The van der Waals surface area contributed by atoms with Crippen LogP contribution in [-0.4, -0.2) is 40.5 Å². The minimum atomic E-state index is -4.54. The van der Waals surface area contributed by atoms with E-state index in [1.54, 1.807) is 0 Å². The summed E-state index contributed by atoms with van der Waals surface area (Å²) < 4.78 is 39.8.